The summed E-state index contributed by atoms with van der Waals surface area (Å²) in [5.41, 5.74) is 7.12. The van der Waals surface area contributed by atoms with Crippen LogP contribution in [-0.4, -0.2) is 23.9 Å². The first kappa shape index (κ1) is 11.6. The Kier molecular flexibility index (Phi) is 4.68. The molecule has 1 aromatic rings. The molecule has 0 amide bonds. The van der Waals surface area contributed by atoms with Gasteiger partial charge < -0.3 is 10.6 Å². The van der Waals surface area contributed by atoms with Crippen LogP contribution >= 0.6 is 0 Å². The molecule has 3 heteroatoms. The predicted octanol–water partition coefficient (Wildman–Crippen LogP) is 1.84. The summed E-state index contributed by atoms with van der Waals surface area (Å²) in [6.07, 6.45) is 0. The van der Waals surface area contributed by atoms with Crippen molar-refractivity contribution in [1.82, 2.24) is 4.90 Å². The Labute approximate surface area is 91.6 Å². The number of nitrogens with zero attached hydrogens (tertiary/aromatic N) is 2. The minimum atomic E-state index is 0.629. The van der Waals surface area contributed by atoms with Crippen molar-refractivity contribution in [1.29, 1.82) is 0 Å². The van der Waals surface area contributed by atoms with Crippen molar-refractivity contribution in [2.45, 2.75) is 20.4 Å². The van der Waals surface area contributed by atoms with Gasteiger partial charge in [0.2, 0.25) is 0 Å². The highest BCUT2D eigenvalue weighted by molar-refractivity contribution is 5.78. The van der Waals surface area contributed by atoms with Gasteiger partial charge in [-0.1, -0.05) is 30.3 Å². The molecule has 0 aliphatic rings. The molecule has 0 aromatic heterocycles. The van der Waals surface area contributed by atoms with E-state index in [0.29, 0.717) is 5.96 Å². The third kappa shape index (κ3) is 3.62. The first-order valence-electron chi connectivity index (χ1n) is 5.36. The molecule has 3 nitrogen and oxygen atoms in total. The third-order valence-electron chi connectivity index (χ3n) is 2.24. The van der Waals surface area contributed by atoms with Crippen molar-refractivity contribution >= 4 is 5.96 Å². The third-order valence-corrected chi connectivity index (χ3v) is 2.24. The minimum Gasteiger partial charge on any atom is -0.370 e. The van der Waals surface area contributed by atoms with E-state index in [-0.39, 0.29) is 0 Å². The molecule has 2 N–H and O–H groups in total. The number of benzene rings is 1. The van der Waals surface area contributed by atoms with Gasteiger partial charge >= 0.3 is 0 Å². The van der Waals surface area contributed by atoms with Gasteiger partial charge in [0, 0.05) is 19.6 Å². The van der Waals surface area contributed by atoms with E-state index in [1.54, 1.807) is 0 Å². The van der Waals surface area contributed by atoms with Crippen molar-refractivity contribution in [3.05, 3.63) is 35.9 Å². The van der Waals surface area contributed by atoms with Crippen molar-refractivity contribution in [3.8, 4) is 0 Å². The molecule has 0 spiro atoms. The maximum absolute atomic E-state index is 5.86. The summed E-state index contributed by atoms with van der Waals surface area (Å²) >= 11 is 0. The van der Waals surface area contributed by atoms with Crippen LogP contribution in [0.3, 0.4) is 0 Å². The molecule has 0 saturated carbocycles. The quantitative estimate of drug-likeness (QED) is 0.602. The fourth-order valence-electron chi connectivity index (χ4n) is 1.42. The predicted molar refractivity (Wildman–Crippen MR) is 64.7 cm³/mol. The maximum atomic E-state index is 5.86. The fourth-order valence-corrected chi connectivity index (χ4v) is 1.42. The second-order valence-electron chi connectivity index (χ2n) is 3.33. The van der Waals surface area contributed by atoms with Crippen LogP contribution in [0.4, 0.5) is 0 Å². The van der Waals surface area contributed by atoms with Gasteiger partial charge in [-0.3, -0.25) is 4.99 Å². The van der Waals surface area contributed by atoms with Crippen LogP contribution in [0.5, 0.6) is 0 Å². The Balaban J connectivity index is 2.66. The van der Waals surface area contributed by atoms with Crippen LogP contribution in [0.15, 0.2) is 35.3 Å². The van der Waals surface area contributed by atoms with Crippen LogP contribution in [0.2, 0.25) is 0 Å². The summed E-state index contributed by atoms with van der Waals surface area (Å²) in [6.45, 7) is 6.51. The zero-order chi connectivity index (χ0) is 11.1. The zero-order valence-electron chi connectivity index (χ0n) is 9.48. The maximum Gasteiger partial charge on any atom is 0.191 e. The van der Waals surface area contributed by atoms with Gasteiger partial charge in [0.25, 0.3) is 0 Å². The summed E-state index contributed by atoms with van der Waals surface area (Å²) in [5.74, 6) is 0.629. The second-order valence-corrected chi connectivity index (χ2v) is 3.33. The number of aliphatic imine (C=N–C) groups is 1. The van der Waals surface area contributed by atoms with Crippen LogP contribution in [-0.2, 0) is 6.54 Å². The number of nitrogens with two attached hydrogens (primary N) is 1. The molecule has 15 heavy (non-hydrogen) atoms. The first-order valence-corrected chi connectivity index (χ1v) is 5.36. The molecule has 82 valence electrons. The van der Waals surface area contributed by atoms with Gasteiger partial charge in [-0.25, -0.2) is 0 Å². The van der Waals surface area contributed by atoms with Crippen LogP contribution < -0.4 is 5.73 Å². The summed E-state index contributed by atoms with van der Waals surface area (Å²) in [5, 5.41) is 0. The van der Waals surface area contributed by atoms with Gasteiger partial charge in [-0.15, -0.1) is 0 Å². The highest BCUT2D eigenvalue weighted by Gasteiger charge is 2.05. The van der Waals surface area contributed by atoms with Gasteiger partial charge in [0.05, 0.1) is 0 Å². The van der Waals surface area contributed by atoms with E-state index in [0.717, 1.165) is 19.6 Å². The second kappa shape index (κ2) is 6.06. The summed E-state index contributed by atoms with van der Waals surface area (Å²) in [4.78, 5) is 6.28. The lowest BCUT2D eigenvalue weighted by molar-refractivity contribution is 0.429. The largest absolute Gasteiger partial charge is 0.370 e. The number of guanidine groups is 1. The molecular weight excluding hydrogens is 186 g/mol. The van der Waals surface area contributed by atoms with E-state index in [9.17, 15) is 0 Å². The number of hydrogen-bond donors (Lipinski definition) is 1. The van der Waals surface area contributed by atoms with E-state index in [1.807, 2.05) is 25.1 Å². The van der Waals surface area contributed by atoms with E-state index in [1.165, 1.54) is 5.56 Å². The van der Waals surface area contributed by atoms with Gasteiger partial charge in [0.15, 0.2) is 5.96 Å². The van der Waals surface area contributed by atoms with Crippen molar-refractivity contribution in [3.63, 3.8) is 0 Å². The Morgan fingerprint density at radius 1 is 1.27 bits per heavy atom. The monoisotopic (exact) mass is 205 g/mol. The van der Waals surface area contributed by atoms with E-state index < -0.39 is 0 Å². The first-order chi connectivity index (χ1) is 7.27. The SMILES string of the molecule is CCN=C(N)N(CC)Cc1ccccc1. The van der Waals surface area contributed by atoms with Gasteiger partial charge in [0.1, 0.15) is 0 Å². The summed E-state index contributed by atoms with van der Waals surface area (Å²) in [6, 6.07) is 10.3. The van der Waals surface area contributed by atoms with E-state index in [2.05, 4.69) is 28.9 Å². The molecule has 0 atom stereocenters. The average Bonchev–Trinajstić information content (AvgIpc) is 2.27. The average molecular weight is 205 g/mol. The molecule has 0 aliphatic heterocycles. The number of hydrogen-bond acceptors (Lipinski definition) is 1. The summed E-state index contributed by atoms with van der Waals surface area (Å²) in [7, 11) is 0. The summed E-state index contributed by atoms with van der Waals surface area (Å²) < 4.78 is 0. The Hall–Kier alpha value is -1.51. The topological polar surface area (TPSA) is 41.6 Å². The standard InChI is InChI=1S/C12H19N3/c1-3-14-12(13)15(4-2)10-11-8-6-5-7-9-11/h5-9H,3-4,10H2,1-2H3,(H2,13,14). The molecular formula is C12H19N3. The molecule has 0 heterocycles. The van der Waals surface area contributed by atoms with Crippen LogP contribution in [0.1, 0.15) is 19.4 Å². The molecule has 1 rings (SSSR count). The zero-order valence-corrected chi connectivity index (χ0v) is 9.48. The number of rotatable bonds is 4. The highest BCUT2D eigenvalue weighted by atomic mass is 15.2. The molecule has 0 bridgehead atoms. The highest BCUT2D eigenvalue weighted by Crippen LogP contribution is 2.03. The Morgan fingerprint density at radius 3 is 2.47 bits per heavy atom. The molecule has 1 aromatic carbocycles. The van der Waals surface area contributed by atoms with E-state index in [4.69, 9.17) is 5.73 Å². The molecule has 0 saturated heterocycles. The lowest BCUT2D eigenvalue weighted by Gasteiger charge is -2.21. The van der Waals surface area contributed by atoms with E-state index >= 15 is 0 Å². The van der Waals surface area contributed by atoms with Crippen molar-refractivity contribution in [2.24, 2.45) is 10.7 Å². The van der Waals surface area contributed by atoms with Crippen molar-refractivity contribution in [2.75, 3.05) is 13.1 Å². The smallest absolute Gasteiger partial charge is 0.191 e. The van der Waals surface area contributed by atoms with Gasteiger partial charge in [-0.2, -0.15) is 0 Å². The Morgan fingerprint density at radius 2 is 1.93 bits per heavy atom. The Bertz CT molecular complexity index is 306. The lowest BCUT2D eigenvalue weighted by atomic mass is 10.2. The van der Waals surface area contributed by atoms with Crippen LogP contribution in [0, 0.1) is 0 Å². The normalized spacial score (nSPS) is 11.5. The molecule has 0 fully saturated rings. The minimum absolute atomic E-state index is 0.629. The molecule has 0 unspecified atom stereocenters. The molecule has 0 radical (unpaired) electrons. The fraction of sp³-hybridized carbons (Fsp3) is 0.417. The molecule has 0 aliphatic carbocycles. The lowest BCUT2D eigenvalue weighted by Crippen LogP contribution is -2.36. The van der Waals surface area contributed by atoms with Crippen LogP contribution in [0.25, 0.3) is 0 Å². The van der Waals surface area contributed by atoms with Crippen molar-refractivity contribution < 1.29 is 0 Å². The van der Waals surface area contributed by atoms with Gasteiger partial charge in [-0.05, 0) is 19.4 Å².